The molecule has 0 aromatic carbocycles. The molecule has 0 fully saturated rings. The van der Waals surface area contributed by atoms with Crippen molar-refractivity contribution in [2.75, 3.05) is 37.8 Å². The van der Waals surface area contributed by atoms with Crippen LogP contribution >= 0.6 is 0 Å². The zero-order valence-electron chi connectivity index (χ0n) is 14.0. The third-order valence-corrected chi connectivity index (χ3v) is 3.54. The number of esters is 2. The Kier molecular flexibility index (Phi) is 21.1. The van der Waals surface area contributed by atoms with E-state index in [0.717, 1.165) is 18.9 Å². The summed E-state index contributed by atoms with van der Waals surface area (Å²) in [6.45, 7) is 5.35. The Morgan fingerprint density at radius 2 is 1.58 bits per heavy atom. The van der Waals surface area contributed by atoms with Crippen molar-refractivity contribution in [2.24, 2.45) is 0 Å². The minimum absolute atomic E-state index is 0.101. The SMILES string of the molecule is CCOC(=O)C[C@H](C[S-])[N-]CCN[C@H](C[S-])CC(=O)OCC.[O]=[99Tc+3]. The van der Waals surface area contributed by atoms with Crippen LogP contribution in [0.4, 0.5) is 0 Å². The van der Waals surface area contributed by atoms with E-state index in [-0.39, 0.29) is 36.9 Å². The van der Waals surface area contributed by atoms with Crippen molar-refractivity contribution in [3.8, 4) is 0 Å². The Morgan fingerprint density at radius 1 is 1.04 bits per heavy atom. The molecule has 0 heterocycles. The van der Waals surface area contributed by atoms with E-state index in [1.807, 2.05) is 0 Å². The van der Waals surface area contributed by atoms with E-state index in [2.05, 4.69) is 10.6 Å². The summed E-state index contributed by atoms with van der Waals surface area (Å²) in [4.78, 5) is 22.8. The molecule has 0 aromatic heterocycles. The van der Waals surface area contributed by atoms with E-state index in [0.29, 0.717) is 37.8 Å². The normalized spacial score (nSPS) is 12.5. The van der Waals surface area contributed by atoms with Crippen molar-refractivity contribution in [1.29, 1.82) is 0 Å². The minimum atomic E-state index is -0.278. The van der Waals surface area contributed by atoms with Gasteiger partial charge in [-0.15, -0.1) is 12.6 Å². The van der Waals surface area contributed by atoms with Crippen molar-refractivity contribution in [2.45, 2.75) is 38.8 Å². The summed E-state index contributed by atoms with van der Waals surface area (Å²) in [5.74, 6) is 0.269. The molecule has 0 rings (SSSR count). The van der Waals surface area contributed by atoms with Crippen LogP contribution in [-0.2, 0) is 66.7 Å². The average Bonchev–Trinajstić information content (AvgIpc) is 2.58. The Labute approximate surface area is 165 Å². The van der Waals surface area contributed by atoms with E-state index in [1.54, 1.807) is 13.8 Å². The zero-order valence-corrected chi connectivity index (χ0v) is 17.5. The number of nitrogens with one attached hydrogen (secondary N) is 1. The molecular formula is C14H25N2O5S2Tc. The molecular weight excluding hydrogens is 439 g/mol. The maximum atomic E-state index is 11.4. The first-order chi connectivity index (χ1) is 11.6. The average molecular weight is 464 g/mol. The van der Waals surface area contributed by atoms with Gasteiger partial charge in [-0.2, -0.15) is 11.5 Å². The van der Waals surface area contributed by atoms with E-state index in [9.17, 15) is 9.59 Å². The standard InChI is InChI=1S/C14H27N2O4S2.O.Tc/c1-3-19-13(17)7-11(9-21)15-5-6-16-12(10-22)8-14(18)20-4-2;;/h11-12,15,21-22H,3-10H2,1-2H3;;/q-1;;+3/p-2/t11-,12+;;/m0../s1/i;;1+1. The molecule has 10 heteroatoms. The second-order valence-corrected chi connectivity index (χ2v) is 5.23. The van der Waals surface area contributed by atoms with E-state index >= 15 is 0 Å². The quantitative estimate of drug-likeness (QED) is 0.240. The van der Waals surface area contributed by atoms with Gasteiger partial charge in [-0.3, -0.25) is 9.59 Å². The van der Waals surface area contributed by atoms with Gasteiger partial charge in [0.1, 0.15) is 0 Å². The zero-order chi connectivity index (χ0) is 18.8. The summed E-state index contributed by atoms with van der Waals surface area (Å²) in [6, 6.07) is -0.306. The molecule has 0 aromatic rings. The second kappa shape index (κ2) is 19.3. The fraction of sp³-hybridized carbons (Fsp3) is 0.857. The number of carbonyl (C=O) groups excluding carboxylic acids is 2. The van der Waals surface area contributed by atoms with Crippen molar-refractivity contribution >= 4 is 37.2 Å². The Hall–Kier alpha value is 0.00935. The maximum absolute atomic E-state index is 11.4. The van der Waals surface area contributed by atoms with Gasteiger partial charge in [-0.1, -0.05) is 0 Å². The monoisotopic (exact) mass is 464 g/mol. The predicted molar refractivity (Wildman–Crippen MR) is 91.5 cm³/mol. The molecule has 0 saturated carbocycles. The van der Waals surface area contributed by atoms with Gasteiger partial charge in [0.25, 0.3) is 0 Å². The molecule has 0 amide bonds. The third-order valence-electron chi connectivity index (χ3n) is 2.75. The van der Waals surface area contributed by atoms with Gasteiger partial charge < -0.3 is 45.4 Å². The number of hydrogen-bond acceptors (Lipinski definition) is 8. The molecule has 0 aliphatic heterocycles. The summed E-state index contributed by atoms with van der Waals surface area (Å²) < 4.78 is 18.0. The van der Waals surface area contributed by atoms with Gasteiger partial charge in [0, 0.05) is 6.42 Å². The van der Waals surface area contributed by atoms with Gasteiger partial charge in [-0.25, -0.2) is 0 Å². The van der Waals surface area contributed by atoms with Crippen LogP contribution in [-0.4, -0.2) is 61.8 Å². The molecule has 2 atom stereocenters. The molecule has 0 aliphatic rings. The van der Waals surface area contributed by atoms with Crippen LogP contribution in [0.5, 0.6) is 0 Å². The predicted octanol–water partition coefficient (Wildman–Crippen LogP) is 0.566. The number of ether oxygens (including phenoxy) is 2. The van der Waals surface area contributed by atoms with Crippen LogP contribution in [0.3, 0.4) is 0 Å². The molecule has 0 spiro atoms. The number of nitrogens with zero attached hydrogens (tertiary/aromatic N) is 1. The number of rotatable bonds is 13. The number of hydrogen-bond donors (Lipinski definition) is 1. The Bertz CT molecular complexity index is 310. The van der Waals surface area contributed by atoms with Crippen LogP contribution in [0.1, 0.15) is 26.7 Å². The molecule has 140 valence electrons. The molecule has 0 aliphatic carbocycles. The van der Waals surface area contributed by atoms with Crippen LogP contribution in [0.15, 0.2) is 0 Å². The van der Waals surface area contributed by atoms with Crippen molar-refractivity contribution in [3.05, 3.63) is 5.32 Å². The first kappa shape index (κ1) is 26.2. The molecule has 0 bridgehead atoms. The Balaban J connectivity index is 0. The first-order valence-electron chi connectivity index (χ1n) is 7.60. The van der Waals surface area contributed by atoms with E-state index < -0.39 is 0 Å². The Morgan fingerprint density at radius 3 is 2.04 bits per heavy atom. The van der Waals surface area contributed by atoms with E-state index in [1.165, 1.54) is 0 Å². The molecule has 24 heavy (non-hydrogen) atoms. The molecule has 1 N–H and O–H groups in total. The van der Waals surface area contributed by atoms with Crippen LogP contribution in [0.25, 0.3) is 5.32 Å². The molecule has 7 nitrogen and oxygen atoms in total. The second-order valence-electron chi connectivity index (χ2n) is 4.56. The van der Waals surface area contributed by atoms with Gasteiger partial charge in [-0.05, 0) is 26.4 Å². The van der Waals surface area contributed by atoms with Gasteiger partial charge in [0.05, 0.1) is 19.6 Å². The van der Waals surface area contributed by atoms with Gasteiger partial charge in [0.15, 0.2) is 0 Å². The summed E-state index contributed by atoms with van der Waals surface area (Å²) in [7, 11) is 0. The summed E-state index contributed by atoms with van der Waals surface area (Å²) in [5, 5.41) is 7.54. The van der Waals surface area contributed by atoms with Gasteiger partial charge >= 0.3 is 34.3 Å². The van der Waals surface area contributed by atoms with Gasteiger partial charge in [0.2, 0.25) is 0 Å². The topological polar surface area (TPSA) is 95.8 Å². The molecule has 0 unspecified atom stereocenters. The molecule has 0 radical (unpaired) electrons. The number of carbonyl (C=O) groups is 2. The van der Waals surface area contributed by atoms with E-state index in [4.69, 9.17) is 38.2 Å². The third kappa shape index (κ3) is 15.5. The summed E-state index contributed by atoms with van der Waals surface area (Å²) in [6.07, 6.45) is 0.468. The van der Waals surface area contributed by atoms with Crippen molar-refractivity contribution in [3.63, 3.8) is 0 Å². The summed E-state index contributed by atoms with van der Waals surface area (Å²) in [5.41, 5.74) is 0. The summed E-state index contributed by atoms with van der Waals surface area (Å²) >= 11 is 10.9. The van der Waals surface area contributed by atoms with Crippen LogP contribution in [0.2, 0.25) is 0 Å². The van der Waals surface area contributed by atoms with Crippen molar-refractivity contribution < 1.29 is 41.4 Å². The first-order valence-corrected chi connectivity index (χ1v) is 9.51. The molecule has 0 saturated heterocycles. The van der Waals surface area contributed by atoms with Crippen molar-refractivity contribution in [1.82, 2.24) is 5.32 Å². The fourth-order valence-corrected chi connectivity index (χ4v) is 2.17. The van der Waals surface area contributed by atoms with Crippen LogP contribution in [0, 0.1) is 0 Å². The van der Waals surface area contributed by atoms with Crippen LogP contribution < -0.4 is 5.32 Å². The fourth-order valence-electron chi connectivity index (χ4n) is 1.72.